The quantitative estimate of drug-likeness (QED) is 0.755. The number of aliphatic imine (C=N–C) groups is 1. The predicted octanol–water partition coefficient (Wildman–Crippen LogP) is 4.71. The van der Waals surface area contributed by atoms with Crippen LogP contribution < -0.4 is 0 Å². The lowest BCUT2D eigenvalue weighted by molar-refractivity contribution is 0.0576. The molecule has 2 aliphatic carbocycles. The van der Waals surface area contributed by atoms with Crippen molar-refractivity contribution in [1.82, 2.24) is 0 Å². The van der Waals surface area contributed by atoms with Crippen molar-refractivity contribution >= 4 is 45.4 Å². The van der Waals surface area contributed by atoms with E-state index in [-0.39, 0.29) is 22.2 Å². The summed E-state index contributed by atoms with van der Waals surface area (Å²) >= 11 is 7.86. The van der Waals surface area contributed by atoms with E-state index in [2.05, 4.69) is 0 Å². The van der Waals surface area contributed by atoms with Gasteiger partial charge in [-0.15, -0.1) is 28.7 Å². The minimum Gasteiger partial charge on any atom is -0.365 e. The molecule has 4 rings (SSSR count). The number of fused-ring (bicyclic) bond motifs is 3. The summed E-state index contributed by atoms with van der Waals surface area (Å²) in [4.78, 5) is 4.77. The third-order valence-corrected chi connectivity index (χ3v) is 6.50. The Morgan fingerprint density at radius 3 is 2.76 bits per heavy atom. The van der Waals surface area contributed by atoms with E-state index in [1.807, 2.05) is 18.2 Å². The number of halogens is 2. The Labute approximate surface area is 145 Å². The zero-order chi connectivity index (χ0) is 13.7. The summed E-state index contributed by atoms with van der Waals surface area (Å²) in [7, 11) is 0. The van der Waals surface area contributed by atoms with Crippen LogP contribution in [0, 0.1) is 5.92 Å². The van der Waals surface area contributed by atoms with Gasteiger partial charge in [0.05, 0.1) is 10.3 Å². The molecule has 2 unspecified atom stereocenters. The van der Waals surface area contributed by atoms with E-state index in [4.69, 9.17) is 16.6 Å². The molecule has 3 aliphatic rings. The highest BCUT2D eigenvalue weighted by molar-refractivity contribution is 8.93. The van der Waals surface area contributed by atoms with Crippen LogP contribution >= 0.6 is 40.3 Å². The van der Waals surface area contributed by atoms with Gasteiger partial charge in [-0.05, 0) is 37.0 Å². The van der Waals surface area contributed by atoms with Gasteiger partial charge < -0.3 is 5.11 Å². The Morgan fingerprint density at radius 1 is 1.24 bits per heavy atom. The highest BCUT2D eigenvalue weighted by Crippen LogP contribution is 2.51. The first-order chi connectivity index (χ1) is 9.67. The highest BCUT2D eigenvalue weighted by atomic mass is 79.9. The molecule has 1 N–H and O–H groups in total. The summed E-state index contributed by atoms with van der Waals surface area (Å²) in [5, 5.41) is 13.1. The number of nitrogens with zero attached hydrogens (tertiary/aromatic N) is 1. The van der Waals surface area contributed by atoms with Gasteiger partial charge in [-0.3, -0.25) is 0 Å². The average Bonchev–Trinajstić information content (AvgIpc) is 2.90. The zero-order valence-corrected chi connectivity index (χ0v) is 15.0. The molecular weight excluding hydrogens is 370 g/mol. The van der Waals surface area contributed by atoms with Crippen LogP contribution in [0.2, 0.25) is 5.02 Å². The van der Waals surface area contributed by atoms with Gasteiger partial charge >= 0.3 is 0 Å². The number of hydrogen-bond donors (Lipinski definition) is 1. The lowest BCUT2D eigenvalue weighted by Crippen LogP contribution is -2.27. The Kier molecular flexibility index (Phi) is 4.44. The van der Waals surface area contributed by atoms with Crippen molar-refractivity contribution in [2.75, 3.05) is 0 Å². The van der Waals surface area contributed by atoms with Crippen LogP contribution in [0.1, 0.15) is 43.2 Å². The maximum Gasteiger partial charge on any atom is 0.196 e. The first kappa shape index (κ1) is 15.9. The molecule has 0 saturated heterocycles. The van der Waals surface area contributed by atoms with Crippen LogP contribution in [-0.4, -0.2) is 15.4 Å². The Bertz CT molecular complexity index is 588. The second-order valence-electron chi connectivity index (χ2n) is 6.12. The fraction of sp³-hybridized carbons (Fsp3) is 0.562. The Balaban J connectivity index is 0.00000132. The second-order valence-corrected chi connectivity index (χ2v) is 7.78. The average molecular weight is 389 g/mol. The van der Waals surface area contributed by atoms with Crippen molar-refractivity contribution in [3.05, 3.63) is 34.3 Å². The molecule has 1 heterocycles. The highest BCUT2D eigenvalue weighted by Gasteiger charge is 2.51. The van der Waals surface area contributed by atoms with Crippen LogP contribution in [-0.2, 0) is 12.1 Å². The third-order valence-electron chi connectivity index (χ3n) is 4.82. The number of hydrogen-bond acceptors (Lipinski definition) is 3. The summed E-state index contributed by atoms with van der Waals surface area (Å²) < 4.78 is 0. The SMILES string of the molecule is Br.OC12N=C(C3CCCCC3)SC1Cc1cc(Cl)ccc12. The topological polar surface area (TPSA) is 32.6 Å². The van der Waals surface area contributed by atoms with Crippen LogP contribution in [0.15, 0.2) is 23.2 Å². The van der Waals surface area contributed by atoms with Crippen molar-refractivity contribution in [1.29, 1.82) is 0 Å². The number of thioether (sulfide) groups is 1. The van der Waals surface area contributed by atoms with Crippen molar-refractivity contribution in [2.24, 2.45) is 10.9 Å². The summed E-state index contributed by atoms with van der Waals surface area (Å²) in [6.45, 7) is 0. The molecule has 1 aliphatic heterocycles. The van der Waals surface area contributed by atoms with Gasteiger partial charge in [0.15, 0.2) is 5.72 Å². The van der Waals surface area contributed by atoms with Crippen LogP contribution in [0.25, 0.3) is 0 Å². The molecule has 1 aromatic rings. The molecule has 0 aromatic heterocycles. The normalized spacial score (nSPS) is 31.3. The monoisotopic (exact) mass is 387 g/mol. The smallest absolute Gasteiger partial charge is 0.196 e. The van der Waals surface area contributed by atoms with Crippen molar-refractivity contribution < 1.29 is 5.11 Å². The summed E-state index contributed by atoms with van der Waals surface area (Å²) in [5.74, 6) is 0.583. The van der Waals surface area contributed by atoms with Crippen LogP contribution in [0.5, 0.6) is 0 Å². The standard InChI is InChI=1S/C16H18ClNOS.BrH/c17-12-6-7-13-11(8-12)9-14-16(13,19)18-15(20-14)10-4-2-1-3-5-10;/h6-8,10,14,19H,1-5,9H2;1H. The van der Waals surface area contributed by atoms with Gasteiger partial charge in [-0.25, -0.2) is 4.99 Å². The van der Waals surface area contributed by atoms with Crippen LogP contribution in [0.4, 0.5) is 0 Å². The molecule has 1 aromatic carbocycles. The Hall–Kier alpha value is -0.0300. The maximum absolute atomic E-state index is 11.0. The van der Waals surface area contributed by atoms with Crippen molar-refractivity contribution in [2.45, 2.75) is 49.5 Å². The van der Waals surface area contributed by atoms with Gasteiger partial charge in [0.2, 0.25) is 0 Å². The van der Waals surface area contributed by atoms with E-state index in [1.165, 1.54) is 37.1 Å². The lowest BCUT2D eigenvalue weighted by Gasteiger charge is -2.21. The first-order valence-corrected chi connectivity index (χ1v) is 8.70. The largest absolute Gasteiger partial charge is 0.365 e. The molecule has 0 amide bonds. The number of rotatable bonds is 1. The molecule has 0 spiro atoms. The summed E-state index contributed by atoms with van der Waals surface area (Å²) in [5.41, 5.74) is 1.12. The molecule has 21 heavy (non-hydrogen) atoms. The molecule has 1 fully saturated rings. The van der Waals surface area contributed by atoms with E-state index < -0.39 is 5.72 Å². The summed E-state index contributed by atoms with van der Waals surface area (Å²) in [6, 6.07) is 5.79. The minimum atomic E-state index is -1.00. The van der Waals surface area contributed by atoms with E-state index in [0.29, 0.717) is 5.92 Å². The van der Waals surface area contributed by atoms with Gasteiger partial charge in [-0.1, -0.05) is 36.9 Å². The van der Waals surface area contributed by atoms with Gasteiger partial charge in [0.1, 0.15) is 0 Å². The fourth-order valence-electron chi connectivity index (χ4n) is 3.74. The second kappa shape index (κ2) is 5.88. The third kappa shape index (κ3) is 2.58. The van der Waals surface area contributed by atoms with Gasteiger partial charge in [-0.2, -0.15) is 0 Å². The van der Waals surface area contributed by atoms with Gasteiger partial charge in [0.25, 0.3) is 0 Å². The van der Waals surface area contributed by atoms with E-state index in [0.717, 1.165) is 22.6 Å². The maximum atomic E-state index is 11.0. The van der Waals surface area contributed by atoms with E-state index >= 15 is 0 Å². The molecule has 114 valence electrons. The van der Waals surface area contributed by atoms with Crippen molar-refractivity contribution in [3.63, 3.8) is 0 Å². The first-order valence-electron chi connectivity index (χ1n) is 7.44. The van der Waals surface area contributed by atoms with E-state index in [9.17, 15) is 5.11 Å². The number of benzene rings is 1. The molecule has 2 atom stereocenters. The fourth-order valence-corrected chi connectivity index (χ4v) is 5.45. The van der Waals surface area contributed by atoms with Crippen LogP contribution in [0.3, 0.4) is 0 Å². The Morgan fingerprint density at radius 2 is 2.00 bits per heavy atom. The van der Waals surface area contributed by atoms with Crippen molar-refractivity contribution in [3.8, 4) is 0 Å². The molecular formula is C16H19BrClNOS. The lowest BCUT2D eigenvalue weighted by atomic mass is 9.90. The number of aliphatic hydroxyl groups is 1. The molecule has 0 radical (unpaired) electrons. The molecule has 2 nitrogen and oxygen atoms in total. The molecule has 1 saturated carbocycles. The predicted molar refractivity (Wildman–Crippen MR) is 94.8 cm³/mol. The molecule has 5 heteroatoms. The summed E-state index contributed by atoms with van der Waals surface area (Å²) in [6.07, 6.45) is 7.31. The zero-order valence-electron chi connectivity index (χ0n) is 11.7. The van der Waals surface area contributed by atoms with E-state index in [1.54, 1.807) is 11.8 Å². The minimum absolute atomic E-state index is 0. The molecule has 0 bridgehead atoms. The van der Waals surface area contributed by atoms with Gasteiger partial charge in [0, 0.05) is 16.5 Å².